The van der Waals surface area contributed by atoms with Crippen molar-refractivity contribution in [1.29, 1.82) is 0 Å². The molecule has 1 aromatic heterocycles. The smallest absolute Gasteiger partial charge is 0.138 e. The summed E-state index contributed by atoms with van der Waals surface area (Å²) in [7, 11) is 1.65. The highest BCUT2D eigenvalue weighted by atomic mass is 16.5. The largest absolute Gasteiger partial charge is 0.496 e. The molecule has 0 atom stereocenters. The quantitative estimate of drug-likeness (QED) is 0.773. The molecule has 0 aliphatic rings. The average Bonchev–Trinajstić information content (AvgIpc) is 2.75. The first kappa shape index (κ1) is 10.6. The number of aryl methyl sites for hydroxylation is 1. The molecule has 2 aromatic rings. The van der Waals surface area contributed by atoms with Crippen molar-refractivity contribution in [2.24, 2.45) is 0 Å². The molecule has 0 unspecified atom stereocenters. The first-order chi connectivity index (χ1) is 7.74. The lowest BCUT2D eigenvalue weighted by atomic mass is 10.1. The highest BCUT2D eigenvalue weighted by Gasteiger charge is 2.09. The van der Waals surface area contributed by atoms with E-state index in [1.54, 1.807) is 13.2 Å². The van der Waals surface area contributed by atoms with Crippen LogP contribution in [-0.4, -0.2) is 7.11 Å². The molecule has 0 amide bonds. The highest BCUT2D eigenvalue weighted by molar-refractivity contribution is 5.70. The Morgan fingerprint density at radius 3 is 2.62 bits per heavy atom. The van der Waals surface area contributed by atoms with Gasteiger partial charge in [-0.05, 0) is 36.8 Å². The standard InChI is InChI=1S/C14H14O2/c1-4-11-6-8-13(15-3)12(9-11)14-7-5-10(2)16-14/h4-9H,1H2,2-3H3. The molecule has 0 N–H and O–H groups in total. The number of ether oxygens (including phenoxy) is 1. The second-order valence-electron chi connectivity index (χ2n) is 3.57. The molecule has 82 valence electrons. The van der Waals surface area contributed by atoms with Crippen molar-refractivity contribution in [3.63, 3.8) is 0 Å². The van der Waals surface area contributed by atoms with Gasteiger partial charge in [0.15, 0.2) is 0 Å². The van der Waals surface area contributed by atoms with E-state index < -0.39 is 0 Å². The topological polar surface area (TPSA) is 22.4 Å². The Labute approximate surface area is 95.2 Å². The van der Waals surface area contributed by atoms with Crippen LogP contribution in [0.25, 0.3) is 17.4 Å². The van der Waals surface area contributed by atoms with Crippen molar-refractivity contribution in [2.75, 3.05) is 7.11 Å². The molecule has 0 aliphatic heterocycles. The number of methoxy groups -OCH3 is 1. The van der Waals surface area contributed by atoms with E-state index in [0.717, 1.165) is 28.4 Å². The Morgan fingerprint density at radius 1 is 1.25 bits per heavy atom. The Balaban J connectivity index is 2.56. The zero-order valence-electron chi connectivity index (χ0n) is 9.49. The average molecular weight is 214 g/mol. The summed E-state index contributed by atoms with van der Waals surface area (Å²) in [5.41, 5.74) is 2.00. The molecule has 2 heteroatoms. The fourth-order valence-corrected chi connectivity index (χ4v) is 1.62. The molecular formula is C14H14O2. The molecule has 1 heterocycles. The predicted molar refractivity (Wildman–Crippen MR) is 65.5 cm³/mol. The van der Waals surface area contributed by atoms with Crippen molar-refractivity contribution < 1.29 is 9.15 Å². The van der Waals surface area contributed by atoms with E-state index in [-0.39, 0.29) is 0 Å². The van der Waals surface area contributed by atoms with Crippen LogP contribution in [0.2, 0.25) is 0 Å². The summed E-state index contributed by atoms with van der Waals surface area (Å²) in [6, 6.07) is 9.77. The highest BCUT2D eigenvalue weighted by Crippen LogP contribution is 2.32. The molecule has 2 nitrogen and oxygen atoms in total. The van der Waals surface area contributed by atoms with Gasteiger partial charge in [0.2, 0.25) is 0 Å². The van der Waals surface area contributed by atoms with Crippen LogP contribution in [0.3, 0.4) is 0 Å². The van der Waals surface area contributed by atoms with Crippen LogP contribution in [-0.2, 0) is 0 Å². The Bertz CT molecular complexity index is 509. The van der Waals surface area contributed by atoms with E-state index in [1.165, 1.54) is 0 Å². The Kier molecular flexibility index (Phi) is 2.82. The van der Waals surface area contributed by atoms with Gasteiger partial charge in [0.25, 0.3) is 0 Å². The van der Waals surface area contributed by atoms with Crippen molar-refractivity contribution in [3.8, 4) is 17.1 Å². The second-order valence-corrected chi connectivity index (χ2v) is 3.57. The lowest BCUT2D eigenvalue weighted by Crippen LogP contribution is -1.87. The van der Waals surface area contributed by atoms with Crippen LogP contribution in [0.4, 0.5) is 0 Å². The van der Waals surface area contributed by atoms with Gasteiger partial charge in [-0.15, -0.1) is 0 Å². The second kappa shape index (κ2) is 4.27. The molecule has 0 aliphatic carbocycles. The van der Waals surface area contributed by atoms with Crippen LogP contribution in [0.1, 0.15) is 11.3 Å². The first-order valence-electron chi connectivity index (χ1n) is 5.12. The van der Waals surface area contributed by atoms with Gasteiger partial charge in [0.05, 0.1) is 12.7 Å². The fourth-order valence-electron chi connectivity index (χ4n) is 1.62. The number of rotatable bonds is 3. The normalized spacial score (nSPS) is 10.1. The zero-order valence-corrected chi connectivity index (χ0v) is 9.49. The van der Waals surface area contributed by atoms with Gasteiger partial charge in [0.1, 0.15) is 17.3 Å². The maximum atomic E-state index is 5.60. The van der Waals surface area contributed by atoms with E-state index in [9.17, 15) is 0 Å². The van der Waals surface area contributed by atoms with Crippen molar-refractivity contribution in [3.05, 3.63) is 48.2 Å². The number of furan rings is 1. The van der Waals surface area contributed by atoms with Crippen LogP contribution < -0.4 is 4.74 Å². The van der Waals surface area contributed by atoms with Crippen LogP contribution >= 0.6 is 0 Å². The molecule has 0 spiro atoms. The van der Waals surface area contributed by atoms with Gasteiger partial charge < -0.3 is 9.15 Å². The SMILES string of the molecule is C=Cc1ccc(OC)c(-c2ccc(C)o2)c1. The summed E-state index contributed by atoms with van der Waals surface area (Å²) in [5.74, 6) is 2.51. The summed E-state index contributed by atoms with van der Waals surface area (Å²) >= 11 is 0. The van der Waals surface area contributed by atoms with Gasteiger partial charge >= 0.3 is 0 Å². The minimum Gasteiger partial charge on any atom is -0.496 e. The zero-order chi connectivity index (χ0) is 11.5. The van der Waals surface area contributed by atoms with Gasteiger partial charge in [-0.2, -0.15) is 0 Å². The number of benzene rings is 1. The molecular weight excluding hydrogens is 200 g/mol. The third-order valence-corrected chi connectivity index (χ3v) is 2.47. The molecule has 2 rings (SSSR count). The van der Waals surface area contributed by atoms with E-state index in [2.05, 4.69) is 6.58 Å². The predicted octanol–water partition coefficient (Wildman–Crippen LogP) is 3.91. The summed E-state index contributed by atoms with van der Waals surface area (Å²) in [4.78, 5) is 0. The lowest BCUT2D eigenvalue weighted by Gasteiger charge is -2.07. The maximum absolute atomic E-state index is 5.60. The number of hydrogen-bond acceptors (Lipinski definition) is 2. The molecule has 0 saturated carbocycles. The summed E-state index contributed by atoms with van der Waals surface area (Å²) in [6.45, 7) is 5.68. The Morgan fingerprint density at radius 2 is 2.06 bits per heavy atom. The molecule has 0 bridgehead atoms. The third-order valence-electron chi connectivity index (χ3n) is 2.47. The van der Waals surface area contributed by atoms with E-state index >= 15 is 0 Å². The summed E-state index contributed by atoms with van der Waals surface area (Å²) in [6.07, 6.45) is 1.80. The van der Waals surface area contributed by atoms with Gasteiger partial charge in [-0.3, -0.25) is 0 Å². The van der Waals surface area contributed by atoms with Crippen molar-refractivity contribution in [2.45, 2.75) is 6.92 Å². The van der Waals surface area contributed by atoms with Gasteiger partial charge in [-0.25, -0.2) is 0 Å². The summed E-state index contributed by atoms with van der Waals surface area (Å²) in [5, 5.41) is 0. The van der Waals surface area contributed by atoms with Crippen LogP contribution in [0.5, 0.6) is 5.75 Å². The molecule has 0 radical (unpaired) electrons. The van der Waals surface area contributed by atoms with Crippen LogP contribution in [0, 0.1) is 6.92 Å². The fraction of sp³-hybridized carbons (Fsp3) is 0.143. The lowest BCUT2D eigenvalue weighted by molar-refractivity contribution is 0.414. The van der Waals surface area contributed by atoms with E-state index in [0.29, 0.717) is 0 Å². The van der Waals surface area contributed by atoms with E-state index in [1.807, 2.05) is 37.3 Å². The molecule has 0 saturated heterocycles. The van der Waals surface area contributed by atoms with Crippen LogP contribution in [0.15, 0.2) is 41.3 Å². The van der Waals surface area contributed by atoms with Gasteiger partial charge in [-0.1, -0.05) is 18.7 Å². The van der Waals surface area contributed by atoms with E-state index in [4.69, 9.17) is 9.15 Å². The third kappa shape index (κ3) is 1.87. The monoisotopic (exact) mass is 214 g/mol. The first-order valence-corrected chi connectivity index (χ1v) is 5.12. The number of hydrogen-bond donors (Lipinski definition) is 0. The molecule has 0 fully saturated rings. The molecule has 16 heavy (non-hydrogen) atoms. The van der Waals surface area contributed by atoms with Gasteiger partial charge in [0, 0.05) is 0 Å². The Hall–Kier alpha value is -1.96. The van der Waals surface area contributed by atoms with Crippen molar-refractivity contribution in [1.82, 2.24) is 0 Å². The maximum Gasteiger partial charge on any atom is 0.138 e. The minimum absolute atomic E-state index is 0.806. The summed E-state index contributed by atoms with van der Waals surface area (Å²) < 4.78 is 10.9. The van der Waals surface area contributed by atoms with Crippen molar-refractivity contribution >= 4 is 6.08 Å². The molecule has 1 aromatic carbocycles. The minimum atomic E-state index is 0.806.